The minimum Gasteiger partial charge on any atom is -0.457 e. The Bertz CT molecular complexity index is 601. The molecule has 0 saturated carbocycles. The Morgan fingerprint density at radius 1 is 1.15 bits per heavy atom. The summed E-state index contributed by atoms with van der Waals surface area (Å²) in [6.45, 7) is 5.48. The van der Waals surface area contributed by atoms with Crippen molar-refractivity contribution in [3.05, 3.63) is 57.8 Å². The molecule has 2 aromatic carbocycles. The fraction of sp³-hybridized carbons (Fsp3) is 0.250. The highest BCUT2D eigenvalue weighted by Gasteiger charge is 2.04. The van der Waals surface area contributed by atoms with Gasteiger partial charge >= 0.3 is 0 Å². The maximum absolute atomic E-state index is 13.6. The van der Waals surface area contributed by atoms with Gasteiger partial charge in [0.2, 0.25) is 0 Å². The maximum atomic E-state index is 13.6. The van der Waals surface area contributed by atoms with Crippen molar-refractivity contribution in [3.63, 3.8) is 0 Å². The normalized spacial score (nSPS) is 10.6. The fourth-order valence-corrected chi connectivity index (χ4v) is 2.11. The molecule has 20 heavy (non-hydrogen) atoms. The van der Waals surface area contributed by atoms with E-state index in [1.165, 1.54) is 12.1 Å². The second kappa shape index (κ2) is 6.86. The smallest absolute Gasteiger partial charge is 0.130 e. The molecule has 0 aliphatic rings. The van der Waals surface area contributed by atoms with Gasteiger partial charge < -0.3 is 10.1 Å². The van der Waals surface area contributed by atoms with E-state index in [2.05, 4.69) is 21.2 Å². The summed E-state index contributed by atoms with van der Waals surface area (Å²) in [5.74, 6) is 0.926. The molecule has 0 aliphatic heterocycles. The van der Waals surface area contributed by atoms with Crippen LogP contribution in [-0.4, -0.2) is 6.54 Å². The zero-order chi connectivity index (χ0) is 14.5. The first kappa shape index (κ1) is 15.0. The number of hydrogen-bond acceptors (Lipinski definition) is 2. The topological polar surface area (TPSA) is 21.3 Å². The van der Waals surface area contributed by atoms with Crippen LogP contribution in [0.3, 0.4) is 0 Å². The van der Waals surface area contributed by atoms with Crippen LogP contribution in [0.25, 0.3) is 0 Å². The third-order valence-corrected chi connectivity index (χ3v) is 3.77. The van der Waals surface area contributed by atoms with Crippen LogP contribution in [0.1, 0.15) is 18.1 Å². The molecule has 0 saturated heterocycles. The van der Waals surface area contributed by atoms with E-state index in [4.69, 9.17) is 4.74 Å². The van der Waals surface area contributed by atoms with Crippen LogP contribution >= 0.6 is 15.9 Å². The molecule has 0 atom stereocenters. The van der Waals surface area contributed by atoms with Crippen molar-refractivity contribution < 1.29 is 9.13 Å². The zero-order valence-corrected chi connectivity index (χ0v) is 13.1. The highest BCUT2D eigenvalue weighted by molar-refractivity contribution is 9.10. The van der Waals surface area contributed by atoms with Gasteiger partial charge in [-0.25, -0.2) is 4.39 Å². The molecule has 2 aromatic rings. The Kier molecular flexibility index (Phi) is 5.15. The van der Waals surface area contributed by atoms with Crippen molar-refractivity contribution in [2.24, 2.45) is 0 Å². The third kappa shape index (κ3) is 4.05. The molecule has 4 heteroatoms. The Morgan fingerprint density at radius 2 is 1.95 bits per heavy atom. The van der Waals surface area contributed by atoms with Crippen molar-refractivity contribution in [1.82, 2.24) is 5.32 Å². The van der Waals surface area contributed by atoms with Gasteiger partial charge in [-0.15, -0.1) is 0 Å². The van der Waals surface area contributed by atoms with Crippen LogP contribution in [-0.2, 0) is 6.54 Å². The molecule has 0 spiro atoms. The lowest BCUT2D eigenvalue weighted by atomic mass is 10.2. The molecule has 2 nitrogen and oxygen atoms in total. The monoisotopic (exact) mass is 337 g/mol. The van der Waals surface area contributed by atoms with E-state index >= 15 is 0 Å². The summed E-state index contributed by atoms with van der Waals surface area (Å²) in [5.41, 5.74) is 1.95. The number of aryl methyl sites for hydroxylation is 1. The summed E-state index contributed by atoms with van der Waals surface area (Å²) in [4.78, 5) is 0. The van der Waals surface area contributed by atoms with Crippen LogP contribution in [0.15, 0.2) is 40.9 Å². The van der Waals surface area contributed by atoms with Gasteiger partial charge in [-0.1, -0.05) is 22.9 Å². The minimum absolute atomic E-state index is 0.288. The maximum Gasteiger partial charge on any atom is 0.130 e. The lowest BCUT2D eigenvalue weighted by Gasteiger charge is -2.10. The summed E-state index contributed by atoms with van der Waals surface area (Å²) < 4.78 is 20.3. The summed E-state index contributed by atoms with van der Waals surface area (Å²) in [6, 6.07) is 10.5. The molecule has 2 rings (SSSR count). The van der Waals surface area contributed by atoms with E-state index in [0.29, 0.717) is 18.0 Å². The highest BCUT2D eigenvalue weighted by atomic mass is 79.9. The molecule has 0 bridgehead atoms. The predicted octanol–water partition coefficient (Wildman–Crippen LogP) is 4.80. The Hall–Kier alpha value is -1.39. The lowest BCUT2D eigenvalue weighted by molar-refractivity contribution is 0.474. The van der Waals surface area contributed by atoms with Crippen LogP contribution in [0.4, 0.5) is 4.39 Å². The highest BCUT2D eigenvalue weighted by Crippen LogP contribution is 2.27. The zero-order valence-electron chi connectivity index (χ0n) is 11.5. The van der Waals surface area contributed by atoms with Gasteiger partial charge in [0.05, 0.1) is 0 Å². The molecule has 1 N–H and O–H groups in total. The average Bonchev–Trinajstić information content (AvgIpc) is 2.40. The molecule has 0 unspecified atom stereocenters. The summed E-state index contributed by atoms with van der Waals surface area (Å²) in [7, 11) is 0. The molecule has 0 aromatic heterocycles. The molecule has 0 heterocycles. The standard InChI is InChI=1S/C16H17BrFNO/c1-3-19-10-12-7-13(18)9-15(8-12)20-14-4-5-16(17)11(2)6-14/h4-9,19H,3,10H2,1-2H3. The third-order valence-electron chi connectivity index (χ3n) is 2.88. The van der Waals surface area contributed by atoms with Crippen molar-refractivity contribution in [2.45, 2.75) is 20.4 Å². The van der Waals surface area contributed by atoms with Crippen LogP contribution in [0.5, 0.6) is 11.5 Å². The number of hydrogen-bond donors (Lipinski definition) is 1. The molecule has 0 radical (unpaired) electrons. The second-order valence-corrected chi connectivity index (χ2v) is 5.44. The number of rotatable bonds is 5. The van der Waals surface area contributed by atoms with Gasteiger partial charge in [-0.05, 0) is 54.9 Å². The first-order chi connectivity index (χ1) is 9.58. The summed E-state index contributed by atoms with van der Waals surface area (Å²) >= 11 is 3.44. The molecule has 106 valence electrons. The number of ether oxygens (including phenoxy) is 1. The Morgan fingerprint density at radius 3 is 2.65 bits per heavy atom. The van der Waals surface area contributed by atoms with Gasteiger partial charge in [-0.3, -0.25) is 0 Å². The number of halogens is 2. The SMILES string of the molecule is CCNCc1cc(F)cc(Oc2ccc(Br)c(C)c2)c1. The average molecular weight is 338 g/mol. The number of nitrogens with one attached hydrogen (secondary N) is 1. The molecular weight excluding hydrogens is 321 g/mol. The minimum atomic E-state index is -0.288. The molecular formula is C16H17BrFNO. The largest absolute Gasteiger partial charge is 0.457 e. The van der Waals surface area contributed by atoms with Gasteiger partial charge in [0.25, 0.3) is 0 Å². The lowest BCUT2D eigenvalue weighted by Crippen LogP contribution is -2.11. The molecule has 0 amide bonds. The van der Waals surface area contributed by atoms with Gasteiger partial charge in [0, 0.05) is 17.1 Å². The molecule has 0 aliphatic carbocycles. The van der Waals surface area contributed by atoms with Crippen molar-refractivity contribution in [2.75, 3.05) is 6.54 Å². The summed E-state index contributed by atoms with van der Waals surface area (Å²) in [5, 5.41) is 3.17. The summed E-state index contributed by atoms with van der Waals surface area (Å²) in [6.07, 6.45) is 0. The fourth-order valence-electron chi connectivity index (χ4n) is 1.87. The van der Waals surface area contributed by atoms with Gasteiger partial charge in [-0.2, -0.15) is 0 Å². The van der Waals surface area contributed by atoms with Crippen molar-refractivity contribution >= 4 is 15.9 Å². The van der Waals surface area contributed by atoms with Gasteiger partial charge in [0.15, 0.2) is 0 Å². The van der Waals surface area contributed by atoms with Crippen molar-refractivity contribution in [3.8, 4) is 11.5 Å². The second-order valence-electron chi connectivity index (χ2n) is 4.59. The first-order valence-corrected chi connectivity index (χ1v) is 7.32. The van der Waals surface area contributed by atoms with Crippen LogP contribution < -0.4 is 10.1 Å². The molecule has 0 fully saturated rings. The Balaban J connectivity index is 2.19. The van der Waals surface area contributed by atoms with E-state index in [0.717, 1.165) is 22.1 Å². The van der Waals surface area contributed by atoms with Gasteiger partial charge in [0.1, 0.15) is 17.3 Å². The van der Waals surface area contributed by atoms with E-state index in [1.54, 1.807) is 0 Å². The number of benzene rings is 2. The van der Waals surface area contributed by atoms with E-state index in [-0.39, 0.29) is 5.82 Å². The predicted molar refractivity (Wildman–Crippen MR) is 82.7 cm³/mol. The van der Waals surface area contributed by atoms with E-state index < -0.39 is 0 Å². The van der Waals surface area contributed by atoms with Crippen LogP contribution in [0.2, 0.25) is 0 Å². The van der Waals surface area contributed by atoms with E-state index in [1.807, 2.05) is 38.1 Å². The van der Waals surface area contributed by atoms with Crippen LogP contribution in [0, 0.1) is 12.7 Å². The first-order valence-electron chi connectivity index (χ1n) is 6.52. The van der Waals surface area contributed by atoms with Crippen molar-refractivity contribution in [1.29, 1.82) is 0 Å². The Labute approximate surface area is 127 Å². The quantitative estimate of drug-likeness (QED) is 0.846. The van der Waals surface area contributed by atoms with E-state index in [9.17, 15) is 4.39 Å².